The topological polar surface area (TPSA) is 59.1 Å². The number of rotatable bonds is 7. The largest absolute Gasteiger partial charge is 0.385 e. The third kappa shape index (κ3) is 4.51. The first-order chi connectivity index (χ1) is 9.78. The summed E-state index contributed by atoms with van der Waals surface area (Å²) < 4.78 is 5.01. The number of anilines is 3. The minimum atomic E-state index is 0.590. The van der Waals surface area contributed by atoms with Crippen LogP contribution in [0, 0.1) is 6.92 Å². The molecular formula is C15H20N4O. The van der Waals surface area contributed by atoms with Gasteiger partial charge in [-0.1, -0.05) is 12.1 Å². The molecule has 0 spiro atoms. The van der Waals surface area contributed by atoms with Gasteiger partial charge >= 0.3 is 0 Å². The van der Waals surface area contributed by atoms with Crippen molar-refractivity contribution >= 4 is 17.5 Å². The predicted octanol–water partition coefficient (Wildman–Crippen LogP) is 2.98. The van der Waals surface area contributed by atoms with Gasteiger partial charge in [-0.05, 0) is 37.1 Å². The summed E-state index contributed by atoms with van der Waals surface area (Å²) in [5, 5.41) is 6.45. The van der Waals surface area contributed by atoms with Crippen molar-refractivity contribution in [3.63, 3.8) is 0 Å². The molecule has 0 radical (unpaired) electrons. The second-order valence-electron chi connectivity index (χ2n) is 4.53. The standard InChI is InChI=1S/C15H20N4O/c1-12-5-3-6-13(11-12)18-15-17-9-7-14(19-15)16-8-4-10-20-2/h3,5-7,9,11H,4,8,10H2,1-2H3,(H2,16,17,18,19). The maximum absolute atomic E-state index is 5.01. The summed E-state index contributed by atoms with van der Waals surface area (Å²) in [5.41, 5.74) is 2.19. The maximum Gasteiger partial charge on any atom is 0.229 e. The average molecular weight is 272 g/mol. The quantitative estimate of drug-likeness (QED) is 0.759. The number of nitrogens with zero attached hydrogens (tertiary/aromatic N) is 2. The summed E-state index contributed by atoms with van der Waals surface area (Å²) in [6.45, 7) is 3.63. The predicted molar refractivity (Wildman–Crippen MR) is 81.5 cm³/mol. The molecule has 2 N–H and O–H groups in total. The van der Waals surface area contributed by atoms with Crippen molar-refractivity contribution in [3.05, 3.63) is 42.1 Å². The fourth-order valence-corrected chi connectivity index (χ4v) is 1.80. The second kappa shape index (κ2) is 7.45. The third-order valence-corrected chi connectivity index (χ3v) is 2.76. The van der Waals surface area contributed by atoms with Gasteiger partial charge in [0.15, 0.2) is 0 Å². The smallest absolute Gasteiger partial charge is 0.229 e. The lowest BCUT2D eigenvalue weighted by molar-refractivity contribution is 0.198. The highest BCUT2D eigenvalue weighted by Crippen LogP contribution is 2.15. The molecule has 20 heavy (non-hydrogen) atoms. The molecule has 0 bridgehead atoms. The van der Waals surface area contributed by atoms with Gasteiger partial charge in [-0.25, -0.2) is 4.98 Å². The van der Waals surface area contributed by atoms with Crippen LogP contribution in [0.4, 0.5) is 17.5 Å². The van der Waals surface area contributed by atoms with E-state index >= 15 is 0 Å². The van der Waals surface area contributed by atoms with Crippen molar-refractivity contribution in [3.8, 4) is 0 Å². The van der Waals surface area contributed by atoms with E-state index in [0.717, 1.165) is 31.1 Å². The molecule has 0 aliphatic carbocycles. The molecule has 0 saturated carbocycles. The number of hydrogen-bond acceptors (Lipinski definition) is 5. The number of benzene rings is 1. The fraction of sp³-hybridized carbons (Fsp3) is 0.333. The van der Waals surface area contributed by atoms with Gasteiger partial charge in [0.05, 0.1) is 0 Å². The summed E-state index contributed by atoms with van der Waals surface area (Å²) in [7, 11) is 1.70. The first kappa shape index (κ1) is 14.3. The molecule has 1 aromatic heterocycles. The lowest BCUT2D eigenvalue weighted by Crippen LogP contribution is -2.07. The Morgan fingerprint density at radius 1 is 1.25 bits per heavy atom. The van der Waals surface area contributed by atoms with Crippen molar-refractivity contribution in [2.24, 2.45) is 0 Å². The van der Waals surface area contributed by atoms with Crippen LogP contribution in [0.3, 0.4) is 0 Å². The van der Waals surface area contributed by atoms with E-state index in [1.54, 1.807) is 13.3 Å². The van der Waals surface area contributed by atoms with E-state index in [9.17, 15) is 0 Å². The van der Waals surface area contributed by atoms with Gasteiger partial charge in [0.25, 0.3) is 0 Å². The molecule has 5 heteroatoms. The molecule has 0 amide bonds. The van der Waals surface area contributed by atoms with Crippen LogP contribution in [0.1, 0.15) is 12.0 Å². The molecule has 0 aliphatic rings. The molecule has 0 atom stereocenters. The van der Waals surface area contributed by atoms with E-state index in [1.165, 1.54) is 5.56 Å². The van der Waals surface area contributed by atoms with E-state index in [4.69, 9.17) is 4.74 Å². The molecule has 106 valence electrons. The molecule has 0 saturated heterocycles. The Labute approximate surface area is 119 Å². The Bertz CT molecular complexity index is 545. The summed E-state index contributed by atoms with van der Waals surface area (Å²) >= 11 is 0. The molecule has 1 heterocycles. The van der Waals surface area contributed by atoms with Crippen LogP contribution in [-0.4, -0.2) is 30.2 Å². The molecule has 0 aliphatic heterocycles. The minimum absolute atomic E-state index is 0.590. The van der Waals surface area contributed by atoms with Crippen LogP contribution >= 0.6 is 0 Å². The van der Waals surface area contributed by atoms with Crippen LogP contribution in [0.5, 0.6) is 0 Å². The normalized spacial score (nSPS) is 10.3. The van der Waals surface area contributed by atoms with Gasteiger partial charge in [-0.15, -0.1) is 0 Å². The Hall–Kier alpha value is -2.14. The zero-order valence-electron chi connectivity index (χ0n) is 11.9. The molecular weight excluding hydrogens is 252 g/mol. The van der Waals surface area contributed by atoms with Gasteiger partial charge in [-0.2, -0.15) is 4.98 Å². The summed E-state index contributed by atoms with van der Waals surface area (Å²) in [6.07, 6.45) is 2.69. The lowest BCUT2D eigenvalue weighted by atomic mass is 10.2. The van der Waals surface area contributed by atoms with E-state index in [0.29, 0.717) is 5.95 Å². The number of nitrogens with one attached hydrogen (secondary N) is 2. The van der Waals surface area contributed by atoms with Crippen molar-refractivity contribution in [2.45, 2.75) is 13.3 Å². The number of methoxy groups -OCH3 is 1. The Balaban J connectivity index is 1.95. The molecule has 2 aromatic rings. The zero-order chi connectivity index (χ0) is 14.2. The van der Waals surface area contributed by atoms with Crippen molar-refractivity contribution < 1.29 is 4.74 Å². The van der Waals surface area contributed by atoms with E-state index < -0.39 is 0 Å². The number of aromatic nitrogens is 2. The summed E-state index contributed by atoms with van der Waals surface area (Å²) in [5.74, 6) is 1.40. The molecule has 1 aromatic carbocycles. The van der Waals surface area contributed by atoms with Crippen molar-refractivity contribution in [1.29, 1.82) is 0 Å². The lowest BCUT2D eigenvalue weighted by Gasteiger charge is -2.08. The molecule has 0 fully saturated rings. The van der Waals surface area contributed by atoms with Crippen LogP contribution < -0.4 is 10.6 Å². The third-order valence-electron chi connectivity index (χ3n) is 2.76. The monoisotopic (exact) mass is 272 g/mol. The highest BCUT2D eigenvalue weighted by Gasteiger charge is 2.00. The number of aryl methyl sites for hydroxylation is 1. The van der Waals surface area contributed by atoms with Gasteiger partial charge in [0, 0.05) is 32.1 Å². The van der Waals surface area contributed by atoms with Crippen LogP contribution in [0.25, 0.3) is 0 Å². The van der Waals surface area contributed by atoms with Gasteiger partial charge in [0.1, 0.15) is 5.82 Å². The van der Waals surface area contributed by atoms with Crippen LogP contribution in [-0.2, 0) is 4.74 Å². The van der Waals surface area contributed by atoms with Crippen LogP contribution in [0.15, 0.2) is 36.5 Å². The maximum atomic E-state index is 5.01. The summed E-state index contributed by atoms with van der Waals surface area (Å²) in [6, 6.07) is 9.97. The average Bonchev–Trinajstić information content (AvgIpc) is 2.44. The van der Waals surface area contributed by atoms with E-state index in [1.807, 2.05) is 18.2 Å². The van der Waals surface area contributed by atoms with E-state index in [2.05, 4.69) is 39.7 Å². The van der Waals surface area contributed by atoms with Crippen molar-refractivity contribution in [1.82, 2.24) is 9.97 Å². The van der Waals surface area contributed by atoms with Crippen LogP contribution in [0.2, 0.25) is 0 Å². The van der Waals surface area contributed by atoms with E-state index in [-0.39, 0.29) is 0 Å². The number of hydrogen-bond donors (Lipinski definition) is 2. The highest BCUT2D eigenvalue weighted by atomic mass is 16.5. The fourth-order valence-electron chi connectivity index (χ4n) is 1.80. The highest BCUT2D eigenvalue weighted by molar-refractivity contribution is 5.55. The molecule has 5 nitrogen and oxygen atoms in total. The van der Waals surface area contributed by atoms with Gasteiger partial charge in [-0.3, -0.25) is 0 Å². The number of ether oxygens (including phenoxy) is 1. The first-order valence-corrected chi connectivity index (χ1v) is 6.67. The Morgan fingerprint density at radius 3 is 2.95 bits per heavy atom. The zero-order valence-corrected chi connectivity index (χ0v) is 11.9. The van der Waals surface area contributed by atoms with Gasteiger partial charge in [0.2, 0.25) is 5.95 Å². The second-order valence-corrected chi connectivity index (χ2v) is 4.53. The Kier molecular flexibility index (Phi) is 5.32. The first-order valence-electron chi connectivity index (χ1n) is 6.67. The summed E-state index contributed by atoms with van der Waals surface area (Å²) in [4.78, 5) is 8.64. The SMILES string of the molecule is COCCCNc1ccnc(Nc2cccc(C)c2)n1. The minimum Gasteiger partial charge on any atom is -0.385 e. The van der Waals surface area contributed by atoms with Crippen molar-refractivity contribution in [2.75, 3.05) is 30.9 Å². The molecule has 0 unspecified atom stereocenters. The molecule has 2 rings (SSSR count). The van der Waals surface area contributed by atoms with Gasteiger partial charge < -0.3 is 15.4 Å². The Morgan fingerprint density at radius 2 is 2.15 bits per heavy atom.